The first-order valence-corrected chi connectivity index (χ1v) is 5.82. The van der Waals surface area contributed by atoms with Crippen molar-refractivity contribution >= 4 is 34.6 Å². The number of halogens is 1. The molecule has 1 amide bonds. The van der Waals surface area contributed by atoms with Gasteiger partial charge in [-0.1, -0.05) is 25.4 Å². The molecule has 0 spiro atoms. The predicted octanol–water partition coefficient (Wildman–Crippen LogP) is 2.36. The maximum atomic E-state index is 11.5. The minimum absolute atomic E-state index is 0.0102. The van der Waals surface area contributed by atoms with Crippen LogP contribution in [0.15, 0.2) is 11.4 Å². The van der Waals surface area contributed by atoms with E-state index in [1.54, 1.807) is 25.3 Å². The van der Waals surface area contributed by atoms with Crippen LogP contribution in [0.5, 0.6) is 0 Å². The van der Waals surface area contributed by atoms with Crippen molar-refractivity contribution in [3.05, 3.63) is 21.3 Å². The summed E-state index contributed by atoms with van der Waals surface area (Å²) in [6.07, 6.45) is 0. The summed E-state index contributed by atoms with van der Waals surface area (Å²) < 4.78 is 0. The van der Waals surface area contributed by atoms with Gasteiger partial charge in [0.2, 0.25) is 0 Å². The zero-order valence-electron chi connectivity index (χ0n) is 8.54. The Kier molecular flexibility index (Phi) is 4.29. The molecule has 5 heteroatoms. The molecule has 1 aromatic heterocycles. The van der Waals surface area contributed by atoms with Crippen molar-refractivity contribution < 1.29 is 9.59 Å². The predicted molar refractivity (Wildman–Crippen MR) is 61.5 cm³/mol. The number of ketones is 1. The van der Waals surface area contributed by atoms with Gasteiger partial charge in [-0.3, -0.25) is 9.59 Å². The molecular formula is C10H12ClNO2S. The van der Waals surface area contributed by atoms with Crippen molar-refractivity contribution in [2.24, 2.45) is 5.92 Å². The number of carbonyl (C=O) groups is 2. The van der Waals surface area contributed by atoms with E-state index in [-0.39, 0.29) is 24.2 Å². The Balaban J connectivity index is 2.51. The third kappa shape index (κ3) is 3.32. The van der Waals surface area contributed by atoms with Gasteiger partial charge in [-0.2, -0.15) is 0 Å². The summed E-state index contributed by atoms with van der Waals surface area (Å²) in [4.78, 5) is 23.2. The van der Waals surface area contributed by atoms with E-state index >= 15 is 0 Å². The van der Waals surface area contributed by atoms with Crippen molar-refractivity contribution in [3.8, 4) is 0 Å². The summed E-state index contributed by atoms with van der Waals surface area (Å²) >= 11 is 7.04. The van der Waals surface area contributed by atoms with E-state index in [0.717, 1.165) is 0 Å². The number of Topliss-reactive ketones (excluding diaryl/α,β-unsaturated/α-hetero) is 1. The second-order valence-corrected chi connectivity index (χ2v) is 4.72. The zero-order chi connectivity index (χ0) is 11.4. The molecule has 0 aliphatic rings. The van der Waals surface area contributed by atoms with Gasteiger partial charge in [0.1, 0.15) is 4.88 Å². The summed E-state index contributed by atoms with van der Waals surface area (Å²) in [6.45, 7) is 3.66. The molecule has 15 heavy (non-hydrogen) atoms. The number of nitrogens with one attached hydrogen (secondary N) is 1. The van der Waals surface area contributed by atoms with Crippen LogP contribution in [0.3, 0.4) is 0 Å². The van der Waals surface area contributed by atoms with Crippen LogP contribution < -0.4 is 5.32 Å². The van der Waals surface area contributed by atoms with E-state index in [9.17, 15) is 9.59 Å². The van der Waals surface area contributed by atoms with Crippen LogP contribution >= 0.6 is 22.9 Å². The molecule has 1 aromatic rings. The smallest absolute Gasteiger partial charge is 0.263 e. The maximum absolute atomic E-state index is 11.5. The van der Waals surface area contributed by atoms with Gasteiger partial charge >= 0.3 is 0 Å². The molecule has 0 saturated heterocycles. The van der Waals surface area contributed by atoms with Gasteiger partial charge in [0.25, 0.3) is 5.91 Å². The molecule has 0 bridgehead atoms. The quantitative estimate of drug-likeness (QED) is 0.885. The highest BCUT2D eigenvalue weighted by Gasteiger charge is 2.13. The van der Waals surface area contributed by atoms with Crippen molar-refractivity contribution in [3.63, 3.8) is 0 Å². The first-order chi connectivity index (χ1) is 7.02. The molecule has 3 nitrogen and oxygen atoms in total. The molecule has 1 heterocycles. The largest absolute Gasteiger partial charge is 0.344 e. The Morgan fingerprint density at radius 2 is 2.20 bits per heavy atom. The normalized spacial score (nSPS) is 10.4. The molecule has 0 atom stereocenters. The number of hydrogen-bond acceptors (Lipinski definition) is 3. The van der Waals surface area contributed by atoms with Gasteiger partial charge in [-0.25, -0.2) is 0 Å². The molecule has 1 N–H and O–H groups in total. The molecule has 0 radical (unpaired) electrons. The number of hydrogen-bond donors (Lipinski definition) is 1. The van der Waals surface area contributed by atoms with Crippen molar-refractivity contribution in [2.45, 2.75) is 13.8 Å². The second kappa shape index (κ2) is 5.28. The Morgan fingerprint density at radius 1 is 1.53 bits per heavy atom. The number of thiophene rings is 1. The van der Waals surface area contributed by atoms with Crippen LogP contribution in [0.2, 0.25) is 5.02 Å². The van der Waals surface area contributed by atoms with Crippen LogP contribution in [0.1, 0.15) is 23.5 Å². The lowest BCUT2D eigenvalue weighted by Gasteiger charge is -2.05. The second-order valence-electron chi connectivity index (χ2n) is 3.40. The summed E-state index contributed by atoms with van der Waals surface area (Å²) in [6, 6.07) is 1.66. The van der Waals surface area contributed by atoms with Crippen LogP contribution in [0.4, 0.5) is 0 Å². The number of rotatable bonds is 4. The van der Waals surface area contributed by atoms with Gasteiger partial charge in [-0.15, -0.1) is 11.3 Å². The SMILES string of the molecule is CC(C)C(=O)CNC(=O)c1sccc1Cl. The summed E-state index contributed by atoms with van der Waals surface area (Å²) in [5.74, 6) is -0.343. The van der Waals surface area contributed by atoms with Crippen LogP contribution in [0, 0.1) is 5.92 Å². The van der Waals surface area contributed by atoms with E-state index in [1.165, 1.54) is 11.3 Å². The fraction of sp³-hybridized carbons (Fsp3) is 0.400. The van der Waals surface area contributed by atoms with Crippen molar-refractivity contribution in [1.29, 1.82) is 0 Å². The maximum Gasteiger partial charge on any atom is 0.263 e. The Bertz CT molecular complexity index is 373. The van der Waals surface area contributed by atoms with E-state index in [2.05, 4.69) is 5.32 Å². The molecule has 1 rings (SSSR count). The van der Waals surface area contributed by atoms with Crippen LogP contribution in [0.25, 0.3) is 0 Å². The summed E-state index contributed by atoms with van der Waals surface area (Å²) in [7, 11) is 0. The standard InChI is InChI=1S/C10H12ClNO2S/c1-6(2)8(13)5-12-10(14)9-7(11)3-4-15-9/h3-4,6H,5H2,1-2H3,(H,12,14). The molecular weight excluding hydrogens is 234 g/mol. The molecule has 0 aliphatic carbocycles. The first kappa shape index (κ1) is 12.2. The minimum Gasteiger partial charge on any atom is -0.344 e. The van der Waals surface area contributed by atoms with E-state index < -0.39 is 0 Å². The average molecular weight is 246 g/mol. The molecule has 0 saturated carbocycles. The van der Waals surface area contributed by atoms with Crippen molar-refractivity contribution in [1.82, 2.24) is 5.32 Å². The van der Waals surface area contributed by atoms with Crippen LogP contribution in [-0.2, 0) is 4.79 Å². The van der Waals surface area contributed by atoms with Gasteiger partial charge in [0, 0.05) is 5.92 Å². The van der Waals surface area contributed by atoms with Gasteiger partial charge in [0.05, 0.1) is 11.6 Å². The van der Waals surface area contributed by atoms with Gasteiger partial charge in [-0.05, 0) is 11.4 Å². The molecule has 0 fully saturated rings. The minimum atomic E-state index is -0.288. The molecule has 0 aliphatic heterocycles. The summed E-state index contributed by atoms with van der Waals surface area (Å²) in [5, 5.41) is 4.71. The Labute approximate surface area is 97.4 Å². The zero-order valence-corrected chi connectivity index (χ0v) is 10.1. The van der Waals surface area contributed by atoms with E-state index in [0.29, 0.717) is 9.90 Å². The lowest BCUT2D eigenvalue weighted by Crippen LogP contribution is -2.31. The van der Waals surface area contributed by atoms with E-state index in [1.807, 2.05) is 0 Å². The van der Waals surface area contributed by atoms with Gasteiger partial charge < -0.3 is 5.32 Å². The first-order valence-electron chi connectivity index (χ1n) is 4.56. The number of carbonyl (C=O) groups excluding carboxylic acids is 2. The van der Waals surface area contributed by atoms with Crippen molar-refractivity contribution in [2.75, 3.05) is 6.54 Å². The fourth-order valence-electron chi connectivity index (χ4n) is 0.908. The lowest BCUT2D eigenvalue weighted by molar-refractivity contribution is -0.120. The topological polar surface area (TPSA) is 46.2 Å². The monoisotopic (exact) mass is 245 g/mol. The molecule has 82 valence electrons. The highest BCUT2D eigenvalue weighted by Crippen LogP contribution is 2.21. The Morgan fingerprint density at radius 3 is 2.67 bits per heavy atom. The Hall–Kier alpha value is -0.870. The lowest BCUT2D eigenvalue weighted by atomic mass is 10.1. The number of amides is 1. The van der Waals surface area contributed by atoms with Gasteiger partial charge in [0.15, 0.2) is 5.78 Å². The van der Waals surface area contributed by atoms with Crippen LogP contribution in [-0.4, -0.2) is 18.2 Å². The van der Waals surface area contributed by atoms with E-state index in [4.69, 9.17) is 11.6 Å². The average Bonchev–Trinajstić information content (AvgIpc) is 2.60. The fourth-order valence-corrected chi connectivity index (χ4v) is 1.96. The third-order valence-electron chi connectivity index (χ3n) is 1.89. The highest BCUT2D eigenvalue weighted by molar-refractivity contribution is 7.12. The molecule has 0 unspecified atom stereocenters. The molecule has 0 aromatic carbocycles. The third-order valence-corrected chi connectivity index (χ3v) is 3.23. The summed E-state index contributed by atoms with van der Waals surface area (Å²) in [5.41, 5.74) is 0. The highest BCUT2D eigenvalue weighted by atomic mass is 35.5.